The second-order valence-corrected chi connectivity index (χ2v) is 4.59. The van der Waals surface area contributed by atoms with Crippen molar-refractivity contribution in [3.63, 3.8) is 0 Å². The van der Waals surface area contributed by atoms with Crippen LogP contribution in [0.5, 0.6) is 5.75 Å². The fourth-order valence-corrected chi connectivity index (χ4v) is 1.81. The highest BCUT2D eigenvalue weighted by Gasteiger charge is 2.13. The Morgan fingerprint density at radius 2 is 1.90 bits per heavy atom. The van der Waals surface area contributed by atoms with Crippen molar-refractivity contribution in [1.29, 1.82) is 0 Å². The summed E-state index contributed by atoms with van der Waals surface area (Å²) >= 11 is 0. The molecular formula is C16H21FO3. The Morgan fingerprint density at radius 1 is 1.30 bits per heavy atom. The zero-order chi connectivity index (χ0) is 15.1. The van der Waals surface area contributed by atoms with Crippen LogP contribution in [0.25, 0.3) is 0 Å². The van der Waals surface area contributed by atoms with Gasteiger partial charge in [0, 0.05) is 12.8 Å². The lowest BCUT2D eigenvalue weighted by molar-refractivity contribution is -0.144. The van der Waals surface area contributed by atoms with Gasteiger partial charge in [-0.3, -0.25) is 4.79 Å². The molecule has 0 fully saturated rings. The Morgan fingerprint density at radius 3 is 2.40 bits per heavy atom. The first-order valence-corrected chi connectivity index (χ1v) is 6.71. The summed E-state index contributed by atoms with van der Waals surface area (Å²) < 4.78 is 24.0. The highest BCUT2D eigenvalue weighted by molar-refractivity contribution is 5.66. The molecule has 0 heterocycles. The van der Waals surface area contributed by atoms with Crippen LogP contribution in [0.3, 0.4) is 0 Å². The molecule has 1 aromatic rings. The van der Waals surface area contributed by atoms with Crippen LogP contribution in [0.4, 0.5) is 4.39 Å². The van der Waals surface area contributed by atoms with E-state index >= 15 is 0 Å². The molecule has 0 aliphatic rings. The highest BCUT2D eigenvalue weighted by Crippen LogP contribution is 2.23. The van der Waals surface area contributed by atoms with Crippen molar-refractivity contribution in [3.05, 3.63) is 41.7 Å². The largest absolute Gasteiger partial charge is 0.494 e. The zero-order valence-electron chi connectivity index (χ0n) is 12.4. The minimum absolute atomic E-state index is 0.108. The molecule has 4 heteroatoms. The van der Waals surface area contributed by atoms with E-state index < -0.39 is 17.9 Å². The van der Waals surface area contributed by atoms with Crippen LogP contribution < -0.4 is 4.74 Å². The maximum Gasteiger partial charge on any atom is 0.303 e. The molecular weight excluding hydrogens is 259 g/mol. The molecule has 0 bridgehead atoms. The van der Waals surface area contributed by atoms with Crippen LogP contribution in [-0.4, -0.2) is 18.7 Å². The molecule has 0 saturated heterocycles. The predicted octanol–water partition coefficient (Wildman–Crippen LogP) is 3.99. The summed E-state index contributed by atoms with van der Waals surface area (Å²) in [6, 6.07) is 7.51. The molecule has 0 radical (unpaired) electrons. The minimum Gasteiger partial charge on any atom is -0.494 e. The number of benzene rings is 1. The first-order chi connectivity index (χ1) is 9.43. The third-order valence-corrected chi connectivity index (χ3v) is 2.86. The topological polar surface area (TPSA) is 35.5 Å². The monoisotopic (exact) mass is 280 g/mol. The van der Waals surface area contributed by atoms with Crippen LogP contribution in [-0.2, 0) is 9.53 Å². The van der Waals surface area contributed by atoms with Crippen LogP contribution in [0.15, 0.2) is 36.2 Å². The minimum atomic E-state index is -0.849. The number of ether oxygens (including phenoxy) is 2. The van der Waals surface area contributed by atoms with E-state index in [0.717, 1.165) is 11.3 Å². The summed E-state index contributed by atoms with van der Waals surface area (Å²) in [5.74, 6) is -0.249. The Bertz CT molecular complexity index is 465. The first-order valence-electron chi connectivity index (χ1n) is 6.71. The van der Waals surface area contributed by atoms with Crippen LogP contribution in [0, 0.1) is 0 Å². The lowest BCUT2D eigenvalue weighted by Crippen LogP contribution is -2.13. The van der Waals surface area contributed by atoms with Gasteiger partial charge in [0.05, 0.1) is 6.61 Å². The SMILES string of the molecule is CCOc1ccc(C(C)C=C(F)C(C)OC(C)=O)cc1. The molecule has 0 amide bonds. The second-order valence-electron chi connectivity index (χ2n) is 4.59. The molecule has 110 valence electrons. The van der Waals surface area contributed by atoms with Gasteiger partial charge in [-0.25, -0.2) is 4.39 Å². The molecule has 3 nitrogen and oxygen atoms in total. The molecule has 0 aliphatic carbocycles. The van der Waals surface area contributed by atoms with Crippen LogP contribution >= 0.6 is 0 Å². The number of hydrogen-bond acceptors (Lipinski definition) is 3. The van der Waals surface area contributed by atoms with Gasteiger partial charge in [0.15, 0.2) is 0 Å². The van der Waals surface area contributed by atoms with Crippen molar-refractivity contribution in [2.24, 2.45) is 0 Å². The maximum atomic E-state index is 13.9. The van der Waals surface area contributed by atoms with E-state index in [0.29, 0.717) is 6.61 Å². The fraction of sp³-hybridized carbons (Fsp3) is 0.438. The van der Waals surface area contributed by atoms with Gasteiger partial charge in [0.1, 0.15) is 17.7 Å². The summed E-state index contributed by atoms with van der Waals surface area (Å²) in [5.41, 5.74) is 0.971. The van der Waals surface area contributed by atoms with Crippen molar-refractivity contribution in [2.75, 3.05) is 6.61 Å². The molecule has 0 saturated carbocycles. The van der Waals surface area contributed by atoms with E-state index in [4.69, 9.17) is 9.47 Å². The molecule has 0 spiro atoms. The summed E-state index contributed by atoms with van der Waals surface area (Å²) in [6.07, 6.45) is 0.612. The van der Waals surface area contributed by atoms with Gasteiger partial charge in [0.2, 0.25) is 0 Å². The summed E-state index contributed by atoms with van der Waals surface area (Å²) in [6.45, 7) is 7.20. The van der Waals surface area contributed by atoms with Gasteiger partial charge in [-0.15, -0.1) is 0 Å². The van der Waals surface area contributed by atoms with Crippen molar-refractivity contribution >= 4 is 5.97 Å². The fourth-order valence-electron chi connectivity index (χ4n) is 1.81. The normalized spacial score (nSPS) is 14.6. The number of allylic oxidation sites excluding steroid dienone is 1. The molecule has 2 atom stereocenters. The van der Waals surface area contributed by atoms with Gasteiger partial charge in [0.25, 0.3) is 0 Å². The van der Waals surface area contributed by atoms with E-state index in [1.54, 1.807) is 0 Å². The van der Waals surface area contributed by atoms with Crippen molar-refractivity contribution in [1.82, 2.24) is 0 Å². The number of hydrogen-bond donors (Lipinski definition) is 0. The molecule has 2 unspecified atom stereocenters. The van der Waals surface area contributed by atoms with E-state index in [1.165, 1.54) is 19.9 Å². The second kappa shape index (κ2) is 7.68. The van der Waals surface area contributed by atoms with Crippen molar-refractivity contribution in [3.8, 4) is 5.75 Å². The Balaban J connectivity index is 2.73. The Hall–Kier alpha value is -1.84. The van der Waals surface area contributed by atoms with Gasteiger partial charge in [-0.1, -0.05) is 19.1 Å². The zero-order valence-corrected chi connectivity index (χ0v) is 12.4. The number of halogens is 1. The molecule has 0 aromatic heterocycles. The van der Waals surface area contributed by atoms with E-state index in [1.807, 2.05) is 38.1 Å². The van der Waals surface area contributed by atoms with E-state index in [9.17, 15) is 9.18 Å². The van der Waals surface area contributed by atoms with Crippen molar-refractivity contribution < 1.29 is 18.7 Å². The molecule has 1 rings (SSSR count). The summed E-state index contributed by atoms with van der Waals surface area (Å²) in [5, 5.41) is 0. The van der Waals surface area contributed by atoms with E-state index in [2.05, 4.69) is 0 Å². The van der Waals surface area contributed by atoms with Crippen molar-refractivity contribution in [2.45, 2.75) is 39.7 Å². The number of carbonyl (C=O) groups excluding carboxylic acids is 1. The summed E-state index contributed by atoms with van der Waals surface area (Å²) in [4.78, 5) is 10.8. The van der Waals surface area contributed by atoms with Crippen LogP contribution in [0.1, 0.15) is 39.2 Å². The van der Waals surface area contributed by atoms with Gasteiger partial charge < -0.3 is 9.47 Å². The van der Waals surface area contributed by atoms with Gasteiger partial charge in [-0.05, 0) is 37.6 Å². The lowest BCUT2D eigenvalue weighted by atomic mass is 10.00. The Labute approximate surface area is 119 Å². The molecule has 0 N–H and O–H groups in total. The first kappa shape index (κ1) is 16.2. The molecule has 1 aromatic carbocycles. The molecule has 20 heavy (non-hydrogen) atoms. The smallest absolute Gasteiger partial charge is 0.303 e. The third kappa shape index (κ3) is 5.03. The maximum absolute atomic E-state index is 13.9. The van der Waals surface area contributed by atoms with Gasteiger partial charge >= 0.3 is 5.97 Å². The average molecular weight is 280 g/mol. The predicted molar refractivity (Wildman–Crippen MR) is 76.4 cm³/mol. The number of esters is 1. The van der Waals surface area contributed by atoms with Crippen LogP contribution in [0.2, 0.25) is 0 Å². The summed E-state index contributed by atoms with van der Waals surface area (Å²) in [7, 11) is 0. The van der Waals surface area contributed by atoms with Gasteiger partial charge in [-0.2, -0.15) is 0 Å². The third-order valence-electron chi connectivity index (χ3n) is 2.86. The number of rotatable bonds is 6. The highest BCUT2D eigenvalue weighted by atomic mass is 19.1. The average Bonchev–Trinajstić information content (AvgIpc) is 2.39. The lowest BCUT2D eigenvalue weighted by Gasteiger charge is -2.13. The number of carbonyl (C=O) groups is 1. The van der Waals surface area contributed by atoms with E-state index in [-0.39, 0.29) is 5.92 Å². The Kier molecular flexibility index (Phi) is 6.22. The quantitative estimate of drug-likeness (QED) is 0.739. The molecule has 0 aliphatic heterocycles. The standard InChI is InChI=1S/C16H21FO3/c1-5-19-15-8-6-14(7-9-15)11(2)10-16(17)12(3)20-13(4)18/h6-12H,5H2,1-4H3.